The number of hydrogen-bond acceptors (Lipinski definition) is 2. The molecule has 1 aliphatic heterocycles. The monoisotopic (exact) mass is 192 g/mol. The highest BCUT2D eigenvalue weighted by atomic mass is 16.5. The minimum atomic E-state index is -0.818. The van der Waals surface area contributed by atoms with Crippen molar-refractivity contribution in [1.82, 2.24) is 0 Å². The van der Waals surface area contributed by atoms with Crippen molar-refractivity contribution in [1.29, 1.82) is 0 Å². The molecule has 1 unspecified atom stereocenters. The molecule has 0 spiro atoms. The van der Waals surface area contributed by atoms with E-state index in [0.717, 1.165) is 23.3 Å². The van der Waals surface area contributed by atoms with E-state index < -0.39 is 5.97 Å². The summed E-state index contributed by atoms with van der Waals surface area (Å²) in [7, 11) is 0. The Morgan fingerprint density at radius 1 is 1.64 bits per heavy atom. The first-order valence-corrected chi connectivity index (χ1v) is 4.66. The number of rotatable bonds is 2. The van der Waals surface area contributed by atoms with Crippen molar-refractivity contribution in [3.63, 3.8) is 0 Å². The molecule has 0 aromatic heterocycles. The predicted molar refractivity (Wildman–Crippen MR) is 51.6 cm³/mol. The Labute approximate surface area is 82.3 Å². The van der Waals surface area contributed by atoms with Gasteiger partial charge in [-0.05, 0) is 12.5 Å². The average molecular weight is 192 g/mol. The number of carboxylic acids is 1. The van der Waals surface area contributed by atoms with Gasteiger partial charge in [-0.3, -0.25) is 4.79 Å². The molecule has 0 bridgehead atoms. The van der Waals surface area contributed by atoms with Crippen LogP contribution in [0.3, 0.4) is 0 Å². The Kier molecular flexibility index (Phi) is 2.15. The van der Waals surface area contributed by atoms with Crippen LogP contribution in [0.1, 0.15) is 18.1 Å². The van der Waals surface area contributed by atoms with Crippen LogP contribution in [0, 0.1) is 0 Å². The Hall–Kier alpha value is -1.51. The Bertz CT molecular complexity index is 371. The van der Waals surface area contributed by atoms with Gasteiger partial charge in [-0.15, -0.1) is 0 Å². The zero-order valence-corrected chi connectivity index (χ0v) is 7.99. The molecular formula is C11H12O3. The molecule has 1 aromatic rings. The smallest absolute Gasteiger partial charge is 0.307 e. The van der Waals surface area contributed by atoms with Crippen molar-refractivity contribution in [3.05, 3.63) is 29.3 Å². The number of para-hydroxylation sites is 1. The summed E-state index contributed by atoms with van der Waals surface area (Å²) in [5.74, 6) is -0.0380. The zero-order valence-electron chi connectivity index (χ0n) is 7.99. The van der Waals surface area contributed by atoms with Crippen LogP contribution in [-0.2, 0) is 17.6 Å². The van der Waals surface area contributed by atoms with Gasteiger partial charge in [0.25, 0.3) is 0 Å². The summed E-state index contributed by atoms with van der Waals surface area (Å²) < 4.78 is 5.58. The van der Waals surface area contributed by atoms with Crippen molar-refractivity contribution < 1.29 is 14.6 Å². The van der Waals surface area contributed by atoms with Crippen LogP contribution >= 0.6 is 0 Å². The van der Waals surface area contributed by atoms with E-state index in [1.54, 1.807) is 0 Å². The van der Waals surface area contributed by atoms with Gasteiger partial charge in [0.05, 0.1) is 6.42 Å². The molecule has 1 aliphatic rings. The van der Waals surface area contributed by atoms with Gasteiger partial charge in [0.15, 0.2) is 0 Å². The lowest BCUT2D eigenvalue weighted by Crippen LogP contribution is -2.07. The molecule has 74 valence electrons. The van der Waals surface area contributed by atoms with Crippen LogP contribution in [0.15, 0.2) is 18.2 Å². The van der Waals surface area contributed by atoms with Crippen molar-refractivity contribution in [2.24, 2.45) is 0 Å². The molecule has 0 aliphatic carbocycles. The summed E-state index contributed by atoms with van der Waals surface area (Å²) >= 11 is 0. The number of hydrogen-bond donors (Lipinski definition) is 1. The van der Waals surface area contributed by atoms with Crippen molar-refractivity contribution in [3.8, 4) is 5.75 Å². The van der Waals surface area contributed by atoms with Gasteiger partial charge < -0.3 is 9.84 Å². The fourth-order valence-corrected chi connectivity index (χ4v) is 1.80. The molecule has 0 fully saturated rings. The van der Waals surface area contributed by atoms with E-state index in [1.165, 1.54) is 0 Å². The van der Waals surface area contributed by atoms with Crippen LogP contribution in [0.4, 0.5) is 0 Å². The van der Waals surface area contributed by atoms with E-state index in [9.17, 15) is 4.79 Å². The standard InChI is InChI=1S/C11H12O3/c1-7-5-8-3-2-4-9(6-10(12)13)11(8)14-7/h2-4,7H,5-6H2,1H3,(H,12,13). The van der Waals surface area contributed by atoms with Crippen molar-refractivity contribution >= 4 is 5.97 Å². The molecule has 1 atom stereocenters. The summed E-state index contributed by atoms with van der Waals surface area (Å²) in [6.07, 6.45) is 1.08. The number of carbonyl (C=O) groups is 1. The number of carboxylic acid groups (broad SMARTS) is 1. The number of aliphatic carboxylic acids is 1. The van der Waals surface area contributed by atoms with Crippen LogP contribution in [0.25, 0.3) is 0 Å². The Morgan fingerprint density at radius 2 is 2.43 bits per heavy atom. The number of benzene rings is 1. The average Bonchev–Trinajstić information content (AvgIpc) is 2.45. The fourth-order valence-electron chi connectivity index (χ4n) is 1.80. The number of fused-ring (bicyclic) bond motifs is 1. The summed E-state index contributed by atoms with van der Waals surface area (Å²) in [6, 6.07) is 5.69. The molecule has 0 saturated carbocycles. The van der Waals surface area contributed by atoms with Crippen LogP contribution in [0.2, 0.25) is 0 Å². The first-order valence-electron chi connectivity index (χ1n) is 4.66. The molecule has 1 aromatic carbocycles. The predicted octanol–water partition coefficient (Wildman–Crippen LogP) is 1.64. The van der Waals surface area contributed by atoms with Crippen molar-refractivity contribution in [2.45, 2.75) is 25.9 Å². The highest BCUT2D eigenvalue weighted by molar-refractivity contribution is 5.71. The molecular weight excluding hydrogens is 180 g/mol. The molecule has 3 nitrogen and oxygen atoms in total. The molecule has 2 rings (SSSR count). The van der Waals surface area contributed by atoms with Gasteiger partial charge in [-0.25, -0.2) is 0 Å². The molecule has 1 N–H and O–H groups in total. The maximum atomic E-state index is 10.6. The first kappa shape index (κ1) is 9.06. The minimum absolute atomic E-state index is 0.0376. The summed E-state index contributed by atoms with van der Waals surface area (Å²) in [5.41, 5.74) is 1.90. The van der Waals surface area contributed by atoms with Gasteiger partial charge in [0.2, 0.25) is 0 Å². The third kappa shape index (κ3) is 1.58. The topological polar surface area (TPSA) is 46.5 Å². The fraction of sp³-hybridized carbons (Fsp3) is 0.364. The van der Waals surface area contributed by atoms with E-state index in [2.05, 4.69) is 0 Å². The third-order valence-corrected chi connectivity index (χ3v) is 2.35. The van der Waals surface area contributed by atoms with Gasteiger partial charge in [-0.2, -0.15) is 0 Å². The van der Waals surface area contributed by atoms with Crippen LogP contribution < -0.4 is 4.74 Å². The van der Waals surface area contributed by atoms with E-state index in [1.807, 2.05) is 25.1 Å². The quantitative estimate of drug-likeness (QED) is 0.774. The van der Waals surface area contributed by atoms with Crippen LogP contribution in [-0.4, -0.2) is 17.2 Å². The van der Waals surface area contributed by atoms with Gasteiger partial charge in [0, 0.05) is 12.0 Å². The van der Waals surface area contributed by atoms with Gasteiger partial charge in [0.1, 0.15) is 11.9 Å². The lowest BCUT2D eigenvalue weighted by molar-refractivity contribution is -0.136. The lowest BCUT2D eigenvalue weighted by atomic mass is 10.0. The first-order chi connectivity index (χ1) is 6.66. The second-order valence-electron chi connectivity index (χ2n) is 3.61. The largest absolute Gasteiger partial charge is 0.490 e. The number of ether oxygens (including phenoxy) is 1. The molecule has 0 saturated heterocycles. The Balaban J connectivity index is 2.34. The maximum absolute atomic E-state index is 10.6. The summed E-state index contributed by atoms with van der Waals surface area (Å²) in [5, 5.41) is 8.71. The van der Waals surface area contributed by atoms with E-state index >= 15 is 0 Å². The molecule has 14 heavy (non-hydrogen) atoms. The lowest BCUT2D eigenvalue weighted by Gasteiger charge is -2.07. The SMILES string of the molecule is CC1Cc2cccc(CC(=O)O)c2O1. The summed E-state index contributed by atoms with van der Waals surface area (Å²) in [4.78, 5) is 10.6. The normalized spacial score (nSPS) is 18.8. The second-order valence-corrected chi connectivity index (χ2v) is 3.61. The molecule has 0 radical (unpaired) electrons. The third-order valence-electron chi connectivity index (χ3n) is 2.35. The van der Waals surface area contributed by atoms with E-state index in [4.69, 9.17) is 9.84 Å². The van der Waals surface area contributed by atoms with Gasteiger partial charge in [-0.1, -0.05) is 18.2 Å². The Morgan fingerprint density at radius 3 is 3.14 bits per heavy atom. The van der Waals surface area contributed by atoms with Gasteiger partial charge >= 0.3 is 5.97 Å². The van der Waals surface area contributed by atoms with E-state index in [-0.39, 0.29) is 12.5 Å². The second kappa shape index (κ2) is 3.33. The zero-order chi connectivity index (χ0) is 10.1. The molecule has 0 amide bonds. The molecule has 1 heterocycles. The molecule has 3 heteroatoms. The van der Waals surface area contributed by atoms with E-state index in [0.29, 0.717) is 0 Å². The summed E-state index contributed by atoms with van der Waals surface area (Å²) in [6.45, 7) is 1.99. The highest BCUT2D eigenvalue weighted by Gasteiger charge is 2.22. The maximum Gasteiger partial charge on any atom is 0.307 e. The van der Waals surface area contributed by atoms with Crippen molar-refractivity contribution in [2.75, 3.05) is 0 Å². The van der Waals surface area contributed by atoms with Crippen LogP contribution in [0.5, 0.6) is 5.75 Å². The minimum Gasteiger partial charge on any atom is -0.490 e. The highest BCUT2D eigenvalue weighted by Crippen LogP contribution is 2.32.